The Morgan fingerprint density at radius 3 is 2.62 bits per heavy atom. The molecule has 0 aliphatic rings. The first-order chi connectivity index (χ1) is 14.9. The number of benzene rings is 1. The predicted octanol–water partition coefficient (Wildman–Crippen LogP) is 1.73. The van der Waals surface area contributed by atoms with E-state index in [2.05, 4.69) is 51.6 Å². The van der Waals surface area contributed by atoms with Crippen LogP contribution in [0.4, 0.5) is 15.9 Å². The molecule has 1 aromatic heterocycles. The van der Waals surface area contributed by atoms with E-state index in [0.717, 1.165) is 6.26 Å². The summed E-state index contributed by atoms with van der Waals surface area (Å²) >= 11 is 3.06. The minimum absolute atomic E-state index is 0.0687. The van der Waals surface area contributed by atoms with Crippen molar-refractivity contribution in [3.05, 3.63) is 34.2 Å². The smallest absolute Gasteiger partial charge is 0.232 e. The summed E-state index contributed by atoms with van der Waals surface area (Å²) in [5, 5.41) is 22.8. The minimum Gasteiger partial charge on any atom is -0.363 e. The molecule has 5 N–H and O–H groups in total. The summed E-state index contributed by atoms with van der Waals surface area (Å²) in [6, 6.07) is 4.04. The van der Waals surface area contributed by atoms with Crippen LogP contribution in [0, 0.1) is 5.82 Å². The predicted molar refractivity (Wildman–Crippen MR) is 121 cm³/mol. The zero-order chi connectivity index (χ0) is 23.9. The maximum absolute atomic E-state index is 13.4. The first-order valence-electron chi connectivity index (χ1n) is 9.19. The lowest BCUT2D eigenvalue weighted by atomic mass is 10.1. The largest absolute Gasteiger partial charge is 0.363 e. The van der Waals surface area contributed by atoms with Gasteiger partial charge in [0.15, 0.2) is 11.5 Å². The lowest BCUT2D eigenvalue weighted by Crippen LogP contribution is -2.49. The van der Waals surface area contributed by atoms with Gasteiger partial charge in [0.25, 0.3) is 0 Å². The summed E-state index contributed by atoms with van der Waals surface area (Å²) in [6.45, 7) is 5.97. The van der Waals surface area contributed by atoms with Gasteiger partial charge in [0.05, 0.1) is 23.0 Å². The van der Waals surface area contributed by atoms with Gasteiger partial charge in [0, 0.05) is 12.1 Å². The van der Waals surface area contributed by atoms with E-state index >= 15 is 0 Å². The van der Waals surface area contributed by atoms with Crippen molar-refractivity contribution in [3.8, 4) is 0 Å². The van der Waals surface area contributed by atoms with Gasteiger partial charge in [-0.25, -0.2) is 22.4 Å². The summed E-state index contributed by atoms with van der Waals surface area (Å²) in [5.41, 5.74) is 1.90. The zero-order valence-corrected chi connectivity index (χ0v) is 20.2. The summed E-state index contributed by atoms with van der Waals surface area (Å²) in [4.78, 5) is 8.37. The number of hydroxylamine groups is 1. The summed E-state index contributed by atoms with van der Waals surface area (Å²) < 4.78 is 43.7. The number of rotatable bonds is 7. The molecule has 32 heavy (non-hydrogen) atoms. The molecule has 1 aromatic carbocycles. The molecule has 0 atom stereocenters. The van der Waals surface area contributed by atoms with Gasteiger partial charge in [-0.05, 0) is 65.2 Å². The number of nitrogens with one attached hydrogen (secondary N) is 4. The number of halogens is 2. The molecule has 176 valence electrons. The SMILES string of the molecule is CC(C)(C)NC(=NCCNc1nonc1C(=Nc1ccc(F)c(Br)c1)NO)NS(C)(=O)=O. The molecule has 1 heterocycles. The number of aliphatic imine (C=N–C) groups is 2. The normalized spacial score (nSPS) is 13.1. The van der Waals surface area contributed by atoms with Crippen LogP contribution in [0.3, 0.4) is 0 Å². The van der Waals surface area contributed by atoms with Crippen molar-refractivity contribution in [1.29, 1.82) is 0 Å². The summed E-state index contributed by atoms with van der Waals surface area (Å²) in [5.74, 6) is -0.298. The molecule has 0 aliphatic heterocycles. The van der Waals surface area contributed by atoms with Crippen LogP contribution in [-0.2, 0) is 10.0 Å². The molecule has 0 fully saturated rings. The second-order valence-corrected chi connectivity index (χ2v) is 10.1. The van der Waals surface area contributed by atoms with Gasteiger partial charge in [-0.15, -0.1) is 0 Å². The molecule has 15 heteroatoms. The van der Waals surface area contributed by atoms with E-state index < -0.39 is 21.4 Å². The minimum atomic E-state index is -3.51. The van der Waals surface area contributed by atoms with Crippen molar-refractivity contribution >= 4 is 49.3 Å². The molecule has 0 radical (unpaired) electrons. The monoisotopic (exact) mass is 534 g/mol. The van der Waals surface area contributed by atoms with Crippen LogP contribution in [0.2, 0.25) is 0 Å². The Morgan fingerprint density at radius 2 is 2.03 bits per heavy atom. The van der Waals surface area contributed by atoms with Gasteiger partial charge in [-0.2, -0.15) is 0 Å². The Bertz CT molecular complexity index is 1100. The third-order valence-corrected chi connectivity index (χ3v) is 4.58. The van der Waals surface area contributed by atoms with Gasteiger partial charge in [0.1, 0.15) is 5.82 Å². The van der Waals surface area contributed by atoms with Crippen molar-refractivity contribution in [3.63, 3.8) is 0 Å². The van der Waals surface area contributed by atoms with E-state index in [1.807, 2.05) is 26.3 Å². The first-order valence-corrected chi connectivity index (χ1v) is 11.9. The Balaban J connectivity index is 2.11. The standard InChI is InChI=1S/C17H24BrFN8O4S/c1-17(2,3)23-16(27-32(4,29)30)21-8-7-20-14-13(25-31-26-14)15(24-28)22-10-5-6-12(19)11(18)9-10/h5-6,9,28H,7-8H2,1-4H3,(H,20,26)(H,22,24)(H2,21,23,27). The van der Waals surface area contributed by atoms with Crippen molar-refractivity contribution in [2.24, 2.45) is 9.98 Å². The fraction of sp³-hybridized carbons (Fsp3) is 0.412. The third-order valence-electron chi connectivity index (χ3n) is 3.41. The van der Waals surface area contributed by atoms with E-state index in [4.69, 9.17) is 4.63 Å². The van der Waals surface area contributed by atoms with Gasteiger partial charge < -0.3 is 10.6 Å². The average molecular weight is 535 g/mol. The number of sulfonamides is 1. The first kappa shape index (κ1) is 25.5. The maximum atomic E-state index is 13.4. The Hall–Kier alpha value is -2.78. The summed E-state index contributed by atoms with van der Waals surface area (Å²) in [7, 11) is -3.51. The van der Waals surface area contributed by atoms with Gasteiger partial charge in [-0.3, -0.25) is 20.4 Å². The van der Waals surface area contributed by atoms with E-state index in [-0.39, 0.29) is 40.9 Å². The molecule has 2 rings (SSSR count). The molecular formula is C17H24BrFN8O4S. The molecular weight excluding hydrogens is 511 g/mol. The molecule has 0 amide bonds. The number of amidine groups is 1. The highest BCUT2D eigenvalue weighted by Gasteiger charge is 2.17. The van der Waals surface area contributed by atoms with Crippen molar-refractivity contribution in [1.82, 2.24) is 25.8 Å². The highest BCUT2D eigenvalue weighted by atomic mass is 79.9. The van der Waals surface area contributed by atoms with Crippen LogP contribution in [0.15, 0.2) is 37.3 Å². The molecule has 0 aliphatic carbocycles. The molecule has 0 bridgehead atoms. The number of aromatic nitrogens is 2. The summed E-state index contributed by atoms with van der Waals surface area (Å²) in [6.07, 6.45) is 1.03. The van der Waals surface area contributed by atoms with E-state index in [1.165, 1.54) is 18.2 Å². The van der Waals surface area contributed by atoms with Crippen LogP contribution >= 0.6 is 15.9 Å². The highest BCUT2D eigenvalue weighted by molar-refractivity contribution is 9.10. The van der Waals surface area contributed by atoms with Crippen LogP contribution in [0.25, 0.3) is 0 Å². The maximum Gasteiger partial charge on any atom is 0.232 e. The van der Waals surface area contributed by atoms with Gasteiger partial charge >= 0.3 is 0 Å². The number of hydrogen-bond acceptors (Lipinski definition) is 9. The fourth-order valence-corrected chi connectivity index (χ4v) is 3.08. The number of hydrogen-bond donors (Lipinski definition) is 5. The average Bonchev–Trinajstić information content (AvgIpc) is 3.11. The van der Waals surface area contributed by atoms with Gasteiger partial charge in [0.2, 0.25) is 21.8 Å². The van der Waals surface area contributed by atoms with Crippen LogP contribution < -0.4 is 20.8 Å². The Morgan fingerprint density at radius 1 is 1.31 bits per heavy atom. The van der Waals surface area contributed by atoms with E-state index in [9.17, 15) is 18.0 Å². The van der Waals surface area contributed by atoms with E-state index in [1.54, 1.807) is 0 Å². The van der Waals surface area contributed by atoms with Gasteiger partial charge in [-0.1, -0.05) is 0 Å². The van der Waals surface area contributed by atoms with Crippen LogP contribution in [-0.4, -0.2) is 60.6 Å². The van der Waals surface area contributed by atoms with Crippen LogP contribution in [0.1, 0.15) is 26.5 Å². The van der Waals surface area contributed by atoms with E-state index in [0.29, 0.717) is 5.69 Å². The van der Waals surface area contributed by atoms with Crippen LogP contribution in [0.5, 0.6) is 0 Å². The molecule has 0 spiro atoms. The van der Waals surface area contributed by atoms with Crippen molar-refractivity contribution in [2.75, 3.05) is 24.7 Å². The number of guanidine groups is 1. The zero-order valence-electron chi connectivity index (χ0n) is 17.8. The molecule has 0 saturated heterocycles. The lowest BCUT2D eigenvalue weighted by molar-refractivity contribution is 0.234. The molecule has 12 nitrogen and oxygen atoms in total. The van der Waals surface area contributed by atoms with Crippen molar-refractivity contribution < 1.29 is 22.6 Å². The Kier molecular flexibility index (Phi) is 8.51. The number of nitrogens with zero attached hydrogens (tertiary/aromatic N) is 4. The number of anilines is 1. The third kappa shape index (κ3) is 8.39. The quantitative estimate of drug-likeness (QED) is 0.154. The van der Waals surface area contributed by atoms with Crippen molar-refractivity contribution in [2.45, 2.75) is 26.3 Å². The lowest BCUT2D eigenvalue weighted by Gasteiger charge is -2.23. The second kappa shape index (κ2) is 10.7. The molecule has 0 unspecified atom stereocenters. The Labute approximate surface area is 192 Å². The molecule has 2 aromatic rings. The second-order valence-electron chi connectivity index (χ2n) is 7.54. The fourth-order valence-electron chi connectivity index (χ4n) is 2.24. The molecule has 0 saturated carbocycles. The highest BCUT2D eigenvalue weighted by Crippen LogP contribution is 2.23. The topological polar surface area (TPSA) is 166 Å².